The van der Waals surface area contributed by atoms with E-state index in [0.717, 1.165) is 4.57 Å². The third-order valence-electron chi connectivity index (χ3n) is 4.18. The molecule has 1 heterocycles. The molecule has 0 bridgehead atoms. The second-order valence-electron chi connectivity index (χ2n) is 6.78. The number of hydrogen-bond acceptors (Lipinski definition) is 5. The minimum Gasteiger partial charge on any atom is -0.491 e. The topological polar surface area (TPSA) is 78.2 Å². The first-order valence-corrected chi connectivity index (χ1v) is 9.37. The third kappa shape index (κ3) is 4.90. The maximum absolute atomic E-state index is 13.2. The third-order valence-corrected chi connectivity index (χ3v) is 4.18. The lowest BCUT2D eigenvalue weighted by Gasteiger charge is -2.16. The molecule has 1 N–H and O–H groups in total. The molecule has 2 aromatic carbocycles. The first-order valence-electron chi connectivity index (χ1n) is 9.37. The first-order chi connectivity index (χ1) is 13.9. The van der Waals surface area contributed by atoms with Crippen LogP contribution in [0.3, 0.4) is 0 Å². The Bertz CT molecular complexity index is 1100. The predicted octanol–water partition coefficient (Wildman–Crippen LogP) is 3.14. The van der Waals surface area contributed by atoms with Gasteiger partial charge in [0.25, 0.3) is 0 Å². The molecule has 7 nitrogen and oxygen atoms in total. The fourth-order valence-corrected chi connectivity index (χ4v) is 2.86. The lowest BCUT2D eigenvalue weighted by molar-refractivity contribution is 0.242. The quantitative estimate of drug-likeness (QED) is 0.662. The van der Waals surface area contributed by atoms with Gasteiger partial charge < -0.3 is 10.1 Å². The molecule has 29 heavy (non-hydrogen) atoms. The number of aromatic nitrogens is 3. The van der Waals surface area contributed by atoms with E-state index in [2.05, 4.69) is 10.3 Å². The van der Waals surface area contributed by atoms with Gasteiger partial charge in [0.2, 0.25) is 5.95 Å². The fraction of sp³-hybridized carbons (Fsp3) is 0.286. The molecule has 3 rings (SSSR count). The van der Waals surface area contributed by atoms with Crippen molar-refractivity contribution in [3.63, 3.8) is 0 Å². The highest BCUT2D eigenvalue weighted by Crippen LogP contribution is 2.21. The molecule has 0 aliphatic carbocycles. The lowest BCUT2D eigenvalue weighted by atomic mass is 10.2. The van der Waals surface area contributed by atoms with E-state index in [4.69, 9.17) is 4.74 Å². The van der Waals surface area contributed by atoms with Gasteiger partial charge >= 0.3 is 11.4 Å². The summed E-state index contributed by atoms with van der Waals surface area (Å²) in [5, 5.41) is 3.04. The Balaban J connectivity index is 2.02. The number of hydrogen-bond donors (Lipinski definition) is 1. The highest BCUT2D eigenvalue weighted by Gasteiger charge is 2.13. The van der Waals surface area contributed by atoms with Gasteiger partial charge in [-0.1, -0.05) is 18.2 Å². The van der Waals surface area contributed by atoms with Crippen molar-refractivity contribution in [1.29, 1.82) is 0 Å². The summed E-state index contributed by atoms with van der Waals surface area (Å²) in [5.74, 6) is 0.396. The SMILES string of the molecule is CCn1c(=O)nc(Nc2cccc(OC(C)C)c2)n(Cc2ccc(F)cc2)c1=O. The van der Waals surface area contributed by atoms with Crippen molar-refractivity contribution < 1.29 is 9.13 Å². The molecular formula is C21H23FN4O3. The summed E-state index contributed by atoms with van der Waals surface area (Å²) < 4.78 is 21.3. The zero-order chi connectivity index (χ0) is 21.0. The second kappa shape index (κ2) is 8.72. The molecule has 0 radical (unpaired) electrons. The van der Waals surface area contributed by atoms with Crippen LogP contribution in [0.15, 0.2) is 58.1 Å². The van der Waals surface area contributed by atoms with Crippen LogP contribution in [-0.4, -0.2) is 20.2 Å². The van der Waals surface area contributed by atoms with Gasteiger partial charge in [-0.3, -0.25) is 4.57 Å². The minimum absolute atomic E-state index is 0.00788. The lowest BCUT2D eigenvalue weighted by Crippen LogP contribution is -2.42. The number of anilines is 2. The van der Waals surface area contributed by atoms with Crippen LogP contribution in [0.5, 0.6) is 5.75 Å². The Hall–Kier alpha value is -3.42. The van der Waals surface area contributed by atoms with E-state index >= 15 is 0 Å². The van der Waals surface area contributed by atoms with E-state index in [1.807, 2.05) is 19.9 Å². The van der Waals surface area contributed by atoms with Crippen LogP contribution < -0.4 is 21.4 Å². The van der Waals surface area contributed by atoms with E-state index in [0.29, 0.717) is 17.0 Å². The van der Waals surface area contributed by atoms with Crippen molar-refractivity contribution in [1.82, 2.24) is 14.1 Å². The Morgan fingerprint density at radius 3 is 2.48 bits per heavy atom. The van der Waals surface area contributed by atoms with Crippen molar-refractivity contribution in [2.24, 2.45) is 0 Å². The standard InChI is InChI=1S/C21H23FN4O3/c1-4-25-20(27)24-19(23-17-6-5-7-18(12-17)29-14(2)3)26(21(25)28)13-15-8-10-16(22)11-9-15/h5-12,14H,4,13H2,1-3H3,(H,23,24,27). The van der Waals surface area contributed by atoms with Gasteiger partial charge in [0.05, 0.1) is 12.6 Å². The molecule has 0 aliphatic rings. The predicted molar refractivity (Wildman–Crippen MR) is 109 cm³/mol. The molecule has 3 aromatic rings. The second-order valence-corrected chi connectivity index (χ2v) is 6.78. The van der Waals surface area contributed by atoms with Gasteiger partial charge in [0.1, 0.15) is 11.6 Å². The molecule has 152 valence electrons. The number of benzene rings is 2. The summed E-state index contributed by atoms with van der Waals surface area (Å²) in [7, 11) is 0. The van der Waals surface area contributed by atoms with E-state index in [1.165, 1.54) is 16.7 Å². The van der Waals surface area contributed by atoms with Gasteiger partial charge in [0.15, 0.2) is 0 Å². The smallest absolute Gasteiger partial charge is 0.354 e. The van der Waals surface area contributed by atoms with Crippen LogP contribution in [0.2, 0.25) is 0 Å². The van der Waals surface area contributed by atoms with Crippen LogP contribution in [-0.2, 0) is 13.1 Å². The van der Waals surface area contributed by atoms with Crippen molar-refractivity contribution in [3.05, 3.63) is 80.9 Å². The Kier molecular flexibility index (Phi) is 6.11. The maximum Gasteiger partial charge on any atom is 0.354 e. The van der Waals surface area contributed by atoms with Crippen molar-refractivity contribution in [3.8, 4) is 5.75 Å². The van der Waals surface area contributed by atoms with Gasteiger partial charge in [-0.15, -0.1) is 0 Å². The van der Waals surface area contributed by atoms with E-state index < -0.39 is 11.4 Å². The molecule has 0 unspecified atom stereocenters. The number of nitrogens with zero attached hydrogens (tertiary/aromatic N) is 3. The Morgan fingerprint density at radius 1 is 1.10 bits per heavy atom. The van der Waals surface area contributed by atoms with Crippen LogP contribution in [0.1, 0.15) is 26.3 Å². The van der Waals surface area contributed by atoms with E-state index in [9.17, 15) is 14.0 Å². The number of nitrogens with one attached hydrogen (secondary N) is 1. The van der Waals surface area contributed by atoms with Crippen LogP contribution in [0.25, 0.3) is 0 Å². The Labute approximate surface area is 167 Å². The van der Waals surface area contributed by atoms with Crippen molar-refractivity contribution >= 4 is 11.6 Å². The molecule has 0 aliphatic heterocycles. The summed E-state index contributed by atoms with van der Waals surface area (Å²) in [6, 6.07) is 13.0. The minimum atomic E-state index is -0.634. The molecule has 8 heteroatoms. The molecule has 0 atom stereocenters. The number of ether oxygens (including phenoxy) is 1. The molecule has 0 fully saturated rings. The average Bonchev–Trinajstić information content (AvgIpc) is 2.66. The van der Waals surface area contributed by atoms with E-state index in [-0.39, 0.29) is 31.0 Å². The zero-order valence-electron chi connectivity index (χ0n) is 16.6. The summed E-state index contributed by atoms with van der Waals surface area (Å²) >= 11 is 0. The largest absolute Gasteiger partial charge is 0.491 e. The fourth-order valence-electron chi connectivity index (χ4n) is 2.86. The average molecular weight is 398 g/mol. The molecule has 1 aromatic heterocycles. The number of halogens is 1. The summed E-state index contributed by atoms with van der Waals surface area (Å²) in [6.45, 7) is 5.88. The van der Waals surface area contributed by atoms with Gasteiger partial charge in [-0.2, -0.15) is 4.98 Å². The summed E-state index contributed by atoms with van der Waals surface area (Å²) in [5.41, 5.74) is 0.201. The summed E-state index contributed by atoms with van der Waals surface area (Å²) in [4.78, 5) is 29.2. The van der Waals surface area contributed by atoms with Crippen molar-refractivity contribution in [2.75, 3.05) is 5.32 Å². The zero-order valence-corrected chi connectivity index (χ0v) is 16.6. The normalized spacial score (nSPS) is 10.9. The highest BCUT2D eigenvalue weighted by molar-refractivity contribution is 5.56. The highest BCUT2D eigenvalue weighted by atomic mass is 19.1. The van der Waals surface area contributed by atoms with E-state index in [1.54, 1.807) is 37.3 Å². The van der Waals surface area contributed by atoms with Crippen LogP contribution in [0, 0.1) is 5.82 Å². The molecule has 0 saturated carbocycles. The summed E-state index contributed by atoms with van der Waals surface area (Å²) in [6.07, 6.45) is 0.00788. The first kappa shape index (κ1) is 20.3. The Morgan fingerprint density at radius 2 is 1.83 bits per heavy atom. The van der Waals surface area contributed by atoms with Crippen LogP contribution in [0.4, 0.5) is 16.0 Å². The molecule has 0 saturated heterocycles. The maximum atomic E-state index is 13.2. The monoisotopic (exact) mass is 398 g/mol. The van der Waals surface area contributed by atoms with Gasteiger partial charge in [-0.25, -0.2) is 18.5 Å². The van der Waals surface area contributed by atoms with Crippen molar-refractivity contribution in [2.45, 2.75) is 40.0 Å². The molecule has 0 amide bonds. The molecular weight excluding hydrogens is 375 g/mol. The number of rotatable bonds is 7. The molecule has 0 spiro atoms. The van der Waals surface area contributed by atoms with Gasteiger partial charge in [0, 0.05) is 18.3 Å². The van der Waals surface area contributed by atoms with Gasteiger partial charge in [-0.05, 0) is 50.6 Å². The van der Waals surface area contributed by atoms with Crippen LogP contribution >= 0.6 is 0 Å².